The van der Waals surface area contributed by atoms with Gasteiger partial charge in [-0.1, -0.05) is 156 Å². The molecule has 1 saturated heterocycles. The lowest BCUT2D eigenvalue weighted by Crippen LogP contribution is -2.41. The van der Waals surface area contributed by atoms with Crippen LogP contribution in [0.25, 0.3) is 68.6 Å². The average Bonchev–Trinajstić information content (AvgIpc) is 4.51. The van der Waals surface area contributed by atoms with Gasteiger partial charge in [0, 0.05) is 50.8 Å². The van der Waals surface area contributed by atoms with E-state index in [1.807, 2.05) is 0 Å². The Morgan fingerprint density at radius 3 is 1.22 bits per heavy atom. The van der Waals surface area contributed by atoms with E-state index >= 15 is 0 Å². The molecule has 10 nitrogen and oxygen atoms in total. The molecule has 0 unspecified atom stereocenters. The third-order valence-corrected chi connectivity index (χ3v) is 16.5. The lowest BCUT2D eigenvalue weighted by Gasteiger charge is -2.32. The van der Waals surface area contributed by atoms with Gasteiger partial charge in [-0.3, -0.25) is 0 Å². The van der Waals surface area contributed by atoms with E-state index in [2.05, 4.69) is 156 Å². The predicted octanol–water partition coefficient (Wildman–Crippen LogP) is 19.2. The highest BCUT2D eigenvalue weighted by Crippen LogP contribution is 2.40. The van der Waals surface area contributed by atoms with Crippen molar-refractivity contribution in [3.63, 3.8) is 0 Å². The first-order valence-corrected chi connectivity index (χ1v) is 31.8. The zero-order chi connectivity index (χ0) is 56.9. The molecule has 0 spiro atoms. The fourth-order valence-electron chi connectivity index (χ4n) is 11.0. The normalized spacial score (nSPS) is 14.3. The second kappa shape index (κ2) is 31.0. The Kier molecular flexibility index (Phi) is 23.5. The number of ether oxygens (including phenoxy) is 4. The number of rotatable bonds is 35. The van der Waals surface area contributed by atoms with Crippen LogP contribution in [0, 0.1) is 0 Å². The van der Waals surface area contributed by atoms with Gasteiger partial charge in [0.1, 0.15) is 23.0 Å². The van der Waals surface area contributed by atoms with Gasteiger partial charge in [0.15, 0.2) is 0 Å². The molecule has 5 aromatic rings. The summed E-state index contributed by atoms with van der Waals surface area (Å²) in [6.45, 7) is 20.0. The topological polar surface area (TPSA) is 113 Å². The summed E-state index contributed by atoms with van der Waals surface area (Å²) in [5, 5.41) is 0. The van der Waals surface area contributed by atoms with Gasteiger partial charge in [-0.05, 0) is 143 Å². The first kappa shape index (κ1) is 61.3. The molecule has 3 aliphatic heterocycles. The highest BCUT2D eigenvalue weighted by atomic mass is 16.7. The molecule has 3 aromatic heterocycles. The highest BCUT2D eigenvalue weighted by Gasteiger charge is 2.53. The van der Waals surface area contributed by atoms with E-state index in [1.165, 1.54) is 103 Å². The van der Waals surface area contributed by atoms with Gasteiger partial charge >= 0.3 is 7.12 Å². The number of hydrogen-bond donors (Lipinski definition) is 2. The number of hydrogen-bond acceptors (Lipinski definition) is 8. The summed E-state index contributed by atoms with van der Waals surface area (Å²) in [6, 6.07) is 23.4. The largest absolute Gasteiger partial charge is 0.499 e. The van der Waals surface area contributed by atoms with E-state index < -0.39 is 18.3 Å². The number of nitrogens with zero attached hydrogens (tertiary/aromatic N) is 2. The molecule has 436 valence electrons. The van der Waals surface area contributed by atoms with Gasteiger partial charge in [0.25, 0.3) is 0 Å². The van der Waals surface area contributed by atoms with Gasteiger partial charge in [0.05, 0.1) is 60.4 Å². The summed E-state index contributed by atoms with van der Waals surface area (Å²) >= 11 is 0. The summed E-state index contributed by atoms with van der Waals surface area (Å²) in [6.07, 6.45) is 37.1. The van der Waals surface area contributed by atoms with Crippen molar-refractivity contribution in [2.24, 2.45) is 0 Å². The maximum atomic E-state index is 6.95. The number of nitrogens with one attached hydrogen (secondary N) is 2. The van der Waals surface area contributed by atoms with Crippen molar-refractivity contribution in [2.75, 3.05) is 26.4 Å². The molecule has 0 aliphatic carbocycles. The second-order valence-electron chi connectivity index (χ2n) is 23.8. The SMILES string of the molecule is CCCCCCCCOc1cc(OCCCCCCCC)cc(-c2c3nc(c(B4OC(C)(C)C(C)(C)O4)c4ccc([nH]4)c(-c4cc(OCCCCCCCC)cc(OCCCCCCCC)c4)c4nc(cc5ccc2[nH]5)C=C4)C=C3)c1. The lowest BCUT2D eigenvalue weighted by atomic mass is 9.77. The van der Waals surface area contributed by atoms with Crippen LogP contribution in [0.4, 0.5) is 0 Å². The zero-order valence-electron chi connectivity index (χ0n) is 50.9. The first-order chi connectivity index (χ1) is 39.5. The van der Waals surface area contributed by atoms with Crippen LogP contribution in [0.3, 0.4) is 0 Å². The van der Waals surface area contributed by atoms with Crippen LogP contribution in [-0.4, -0.2) is 64.7 Å². The Morgan fingerprint density at radius 1 is 0.395 bits per heavy atom. The van der Waals surface area contributed by atoms with E-state index in [-0.39, 0.29) is 0 Å². The molecule has 1 fully saturated rings. The maximum absolute atomic E-state index is 6.95. The standard InChI is InChI=1S/C70H97BN4O6/c1-9-13-17-21-25-29-41-76-56-45-52(46-57(50-56)77-42-30-26-22-18-14-10-2)66-60-35-33-54(72-60)49-55-34-36-61(73-55)67(63-38-40-65(75-63)68(64-39-37-62(66)74-64)71-80-69(5,6)70(7,8)81-71)53-47-58(78-43-31-27-23-19-15-11-3)51-59(48-53)79-44-32-28-24-20-16-12-4/h33-40,45-51,72,75H,9-32,41-44H2,1-8H3. The molecule has 6 heterocycles. The number of fused-ring (bicyclic) bond motifs is 8. The van der Waals surface area contributed by atoms with Gasteiger partial charge < -0.3 is 38.2 Å². The monoisotopic (exact) mass is 1100 g/mol. The van der Waals surface area contributed by atoms with Gasteiger partial charge in [0.2, 0.25) is 0 Å². The molecule has 81 heavy (non-hydrogen) atoms. The molecule has 3 aliphatic rings. The van der Waals surface area contributed by atoms with Gasteiger partial charge in [-0.2, -0.15) is 0 Å². The third kappa shape index (κ3) is 17.4. The van der Waals surface area contributed by atoms with Crippen LogP contribution in [0.1, 0.15) is 232 Å². The van der Waals surface area contributed by atoms with E-state index in [9.17, 15) is 0 Å². The van der Waals surface area contributed by atoms with Crippen molar-refractivity contribution in [3.05, 3.63) is 89.5 Å². The van der Waals surface area contributed by atoms with Gasteiger partial charge in [-0.15, -0.1) is 0 Å². The lowest BCUT2D eigenvalue weighted by molar-refractivity contribution is 0.00578. The van der Waals surface area contributed by atoms with Crippen molar-refractivity contribution in [3.8, 4) is 45.3 Å². The molecular weight excluding hydrogens is 1000 g/mol. The van der Waals surface area contributed by atoms with Crippen molar-refractivity contribution in [1.82, 2.24) is 19.9 Å². The molecule has 0 amide bonds. The minimum absolute atomic E-state index is 0.601. The van der Waals surface area contributed by atoms with Crippen LogP contribution in [0.15, 0.2) is 66.7 Å². The Labute approximate surface area is 486 Å². The van der Waals surface area contributed by atoms with E-state index in [0.717, 1.165) is 147 Å². The number of unbranched alkanes of at least 4 members (excludes halogenated alkanes) is 20. The maximum Gasteiger partial charge on any atom is 0.499 e. The predicted molar refractivity (Wildman–Crippen MR) is 341 cm³/mol. The van der Waals surface area contributed by atoms with Crippen LogP contribution in [0.2, 0.25) is 0 Å². The Bertz CT molecular complexity index is 2840. The molecule has 8 rings (SSSR count). The number of benzene rings is 2. The zero-order valence-corrected chi connectivity index (χ0v) is 50.9. The number of aromatic amines is 2. The summed E-state index contributed by atoms with van der Waals surface area (Å²) < 4.78 is 40.3. The van der Waals surface area contributed by atoms with Crippen molar-refractivity contribution in [1.29, 1.82) is 0 Å². The van der Waals surface area contributed by atoms with E-state index in [1.54, 1.807) is 0 Å². The van der Waals surface area contributed by atoms with Crippen LogP contribution >= 0.6 is 0 Å². The number of aromatic nitrogens is 4. The van der Waals surface area contributed by atoms with Crippen molar-refractivity contribution < 1.29 is 28.3 Å². The molecule has 0 atom stereocenters. The van der Waals surface area contributed by atoms with Crippen LogP contribution in [-0.2, 0) is 9.31 Å². The minimum Gasteiger partial charge on any atom is -0.493 e. The molecule has 2 aromatic carbocycles. The number of H-pyrrole nitrogens is 2. The van der Waals surface area contributed by atoms with Crippen LogP contribution < -0.4 is 24.4 Å². The molecular formula is C70H97BN4O6. The summed E-state index contributed by atoms with van der Waals surface area (Å²) in [4.78, 5) is 18.7. The molecule has 0 radical (unpaired) electrons. The Hall–Kier alpha value is -5.78. The smallest absolute Gasteiger partial charge is 0.493 e. The summed E-state index contributed by atoms with van der Waals surface area (Å²) in [7, 11) is -0.730. The van der Waals surface area contributed by atoms with Crippen molar-refractivity contribution >= 4 is 59.0 Å². The minimum atomic E-state index is -0.730. The van der Waals surface area contributed by atoms with E-state index in [0.29, 0.717) is 26.4 Å². The molecule has 0 saturated carbocycles. The van der Waals surface area contributed by atoms with Crippen LogP contribution in [0.5, 0.6) is 23.0 Å². The fourth-order valence-corrected chi connectivity index (χ4v) is 11.0. The molecule has 2 N–H and O–H groups in total. The molecule has 11 heteroatoms. The first-order valence-electron chi connectivity index (χ1n) is 31.8. The Morgan fingerprint density at radius 2 is 0.765 bits per heavy atom. The fraction of sp³-hybridized carbons (Fsp3) is 0.543. The Balaban J connectivity index is 1.26. The average molecular weight is 1100 g/mol. The molecule has 8 bridgehead atoms. The highest BCUT2D eigenvalue weighted by molar-refractivity contribution is 6.65. The summed E-state index contributed by atoms with van der Waals surface area (Å²) in [5.41, 5.74) is 10.2. The van der Waals surface area contributed by atoms with Crippen molar-refractivity contribution in [2.45, 2.75) is 221 Å². The quantitative estimate of drug-likeness (QED) is 0.0298. The van der Waals surface area contributed by atoms with Gasteiger partial charge in [-0.25, -0.2) is 9.97 Å². The van der Waals surface area contributed by atoms with E-state index in [4.69, 9.17) is 38.2 Å². The second-order valence-corrected chi connectivity index (χ2v) is 23.8. The third-order valence-electron chi connectivity index (χ3n) is 16.5. The summed E-state index contributed by atoms with van der Waals surface area (Å²) in [5.74, 6) is 3.16.